The lowest BCUT2D eigenvalue weighted by Gasteiger charge is -2.36. The molecular weight excluding hydrogens is 434 g/mol. The molecule has 6 heteroatoms. The second-order valence-electron chi connectivity index (χ2n) is 10.6. The minimum atomic E-state index is -0.0609. The topological polar surface area (TPSA) is 60.5 Å². The summed E-state index contributed by atoms with van der Waals surface area (Å²) < 4.78 is 0. The zero-order chi connectivity index (χ0) is 23.9. The van der Waals surface area contributed by atoms with E-state index < -0.39 is 0 Å². The first-order chi connectivity index (χ1) is 17.3. The molecule has 3 aliphatic rings. The maximum atomic E-state index is 12.8. The number of para-hydroxylation sites is 1. The summed E-state index contributed by atoms with van der Waals surface area (Å²) in [5.74, 6) is 1.68. The van der Waals surface area contributed by atoms with Crippen LogP contribution in [0.1, 0.15) is 74.6 Å². The third-order valence-electron chi connectivity index (χ3n) is 8.09. The summed E-state index contributed by atoms with van der Waals surface area (Å²) in [6, 6.07) is 12.4. The Balaban J connectivity index is 1.16. The fraction of sp³-hybridized carbons (Fsp3) is 0.586. The fourth-order valence-corrected chi connectivity index (χ4v) is 6.16. The Morgan fingerprint density at radius 3 is 2.66 bits per heavy atom. The van der Waals surface area contributed by atoms with E-state index in [0.29, 0.717) is 11.6 Å². The Hall–Kier alpha value is -2.44. The molecule has 5 rings (SSSR count). The molecule has 0 bridgehead atoms. The molecule has 2 aromatic rings. The summed E-state index contributed by atoms with van der Waals surface area (Å²) in [6.07, 6.45) is 15.2. The van der Waals surface area contributed by atoms with Crippen molar-refractivity contribution in [1.29, 1.82) is 0 Å². The summed E-state index contributed by atoms with van der Waals surface area (Å²) in [4.78, 5) is 22.4. The number of nitrogens with one attached hydrogen (secondary N) is 2. The number of anilines is 3. The van der Waals surface area contributed by atoms with Gasteiger partial charge in [0.25, 0.3) is 5.91 Å². The number of piperidine rings is 1. The van der Waals surface area contributed by atoms with Gasteiger partial charge in [-0.3, -0.25) is 9.69 Å². The monoisotopic (exact) mass is 475 g/mol. The first-order valence-electron chi connectivity index (χ1n) is 13.9. The molecule has 1 unspecified atom stereocenters. The van der Waals surface area contributed by atoms with Crippen LogP contribution in [-0.4, -0.2) is 54.6 Å². The average molecular weight is 476 g/mol. The van der Waals surface area contributed by atoms with Crippen LogP contribution >= 0.6 is 0 Å². The minimum Gasteiger partial charge on any atom is -0.324 e. The van der Waals surface area contributed by atoms with Crippen LogP contribution in [0, 0.1) is 5.92 Å². The number of carbonyl (C=O) groups is 1. The van der Waals surface area contributed by atoms with Crippen molar-refractivity contribution >= 4 is 23.1 Å². The van der Waals surface area contributed by atoms with Gasteiger partial charge in [0.15, 0.2) is 5.82 Å². The maximum Gasteiger partial charge on any atom is 0.257 e. The summed E-state index contributed by atoms with van der Waals surface area (Å²) in [6.45, 7) is 5.58. The highest BCUT2D eigenvalue weighted by atomic mass is 16.1. The second-order valence-corrected chi connectivity index (χ2v) is 10.6. The number of hydrogen-bond donors (Lipinski definition) is 2. The van der Waals surface area contributed by atoms with Gasteiger partial charge >= 0.3 is 0 Å². The van der Waals surface area contributed by atoms with E-state index in [-0.39, 0.29) is 5.91 Å². The quantitative estimate of drug-likeness (QED) is 0.463. The lowest BCUT2D eigenvalue weighted by Crippen LogP contribution is -2.46. The molecule has 1 aromatic heterocycles. The number of aromatic nitrogens is 1. The number of fused-ring (bicyclic) bond motifs is 2. The average Bonchev–Trinajstić information content (AvgIpc) is 3.02. The first-order valence-corrected chi connectivity index (χ1v) is 13.9. The van der Waals surface area contributed by atoms with E-state index in [2.05, 4.69) is 25.4 Å². The lowest BCUT2D eigenvalue weighted by molar-refractivity contribution is 0.102. The zero-order valence-electron chi connectivity index (χ0n) is 21.1. The number of pyridine rings is 1. The van der Waals surface area contributed by atoms with Gasteiger partial charge in [0.05, 0.1) is 16.9 Å². The van der Waals surface area contributed by atoms with E-state index in [4.69, 9.17) is 0 Å². The van der Waals surface area contributed by atoms with Gasteiger partial charge in [0.2, 0.25) is 0 Å². The van der Waals surface area contributed by atoms with Crippen molar-refractivity contribution in [2.45, 2.75) is 70.3 Å². The second kappa shape index (κ2) is 12.0. The van der Waals surface area contributed by atoms with Crippen molar-refractivity contribution in [2.75, 3.05) is 42.9 Å². The lowest BCUT2D eigenvalue weighted by atomic mass is 9.89. The molecular formula is C29H41N5O. The molecule has 1 aromatic carbocycles. The Morgan fingerprint density at radius 1 is 0.914 bits per heavy atom. The molecule has 3 heterocycles. The van der Waals surface area contributed by atoms with Crippen LogP contribution in [-0.2, 0) is 0 Å². The van der Waals surface area contributed by atoms with Crippen LogP contribution < -0.4 is 15.5 Å². The highest BCUT2D eigenvalue weighted by Crippen LogP contribution is 2.36. The summed E-state index contributed by atoms with van der Waals surface area (Å²) >= 11 is 0. The van der Waals surface area contributed by atoms with Crippen molar-refractivity contribution < 1.29 is 4.79 Å². The van der Waals surface area contributed by atoms with E-state index >= 15 is 0 Å². The Kier molecular flexibility index (Phi) is 8.32. The van der Waals surface area contributed by atoms with Gasteiger partial charge in [-0.15, -0.1) is 0 Å². The molecule has 0 radical (unpaired) electrons. The van der Waals surface area contributed by atoms with Gasteiger partial charge in [0.1, 0.15) is 0 Å². The predicted octanol–water partition coefficient (Wildman–Crippen LogP) is 5.59. The molecule has 1 saturated carbocycles. The first kappa shape index (κ1) is 24.3. The van der Waals surface area contributed by atoms with Crippen molar-refractivity contribution in [2.24, 2.45) is 5.92 Å². The molecule has 1 saturated heterocycles. The van der Waals surface area contributed by atoms with E-state index in [1.165, 1.54) is 64.5 Å². The van der Waals surface area contributed by atoms with Crippen LogP contribution in [0.25, 0.3) is 0 Å². The maximum absolute atomic E-state index is 12.8. The van der Waals surface area contributed by atoms with E-state index in [1.807, 2.05) is 42.6 Å². The van der Waals surface area contributed by atoms with Gasteiger partial charge in [-0.05, 0) is 88.3 Å². The Morgan fingerprint density at radius 2 is 1.74 bits per heavy atom. The predicted molar refractivity (Wildman–Crippen MR) is 144 cm³/mol. The Bertz CT molecular complexity index is 973. The fourth-order valence-electron chi connectivity index (χ4n) is 6.16. The number of likely N-dealkylation sites (tertiary alicyclic amines) is 1. The number of nitrogens with zero attached hydrogens (tertiary/aromatic N) is 3. The zero-order valence-corrected chi connectivity index (χ0v) is 21.1. The van der Waals surface area contributed by atoms with Crippen LogP contribution in [0.15, 0.2) is 42.6 Å². The van der Waals surface area contributed by atoms with Crippen LogP contribution in [0.4, 0.5) is 17.2 Å². The number of unbranched alkanes of at least 4 members (excludes halogenated alkanes) is 1. The van der Waals surface area contributed by atoms with Gasteiger partial charge in [-0.2, -0.15) is 0 Å². The standard InChI is InChI=1S/C29H41N5O/c35-29-25-14-4-5-16-27(25)34(28-26(32-29)15-10-17-31-28)20-9-8-19-33-18-7-6-13-24(33)22-30-21-23-11-2-1-3-12-23/h4-5,10,14-17,23-24,30H,1-3,6-9,11-13,18-22H2,(H,32,35). The molecule has 2 aliphatic heterocycles. The molecule has 1 atom stereocenters. The van der Waals surface area contributed by atoms with E-state index in [9.17, 15) is 4.79 Å². The third kappa shape index (κ3) is 6.04. The molecule has 188 valence electrons. The van der Waals surface area contributed by atoms with Crippen LogP contribution in [0.2, 0.25) is 0 Å². The SMILES string of the molecule is O=C1Nc2cccnc2N(CCCCN2CCCCC2CNCC2CCCCC2)c2ccccc21. The van der Waals surface area contributed by atoms with Crippen molar-refractivity contribution in [3.05, 3.63) is 48.2 Å². The number of carbonyl (C=O) groups excluding carboxylic acids is 1. The molecule has 0 spiro atoms. The largest absolute Gasteiger partial charge is 0.324 e. The summed E-state index contributed by atoms with van der Waals surface area (Å²) in [5.41, 5.74) is 2.45. The molecule has 1 amide bonds. The van der Waals surface area contributed by atoms with Crippen molar-refractivity contribution in [3.63, 3.8) is 0 Å². The number of benzene rings is 1. The van der Waals surface area contributed by atoms with Crippen molar-refractivity contribution in [1.82, 2.24) is 15.2 Å². The van der Waals surface area contributed by atoms with Crippen LogP contribution in [0.5, 0.6) is 0 Å². The molecule has 6 nitrogen and oxygen atoms in total. The Labute approximate surface area is 210 Å². The normalized spacial score (nSPS) is 21.2. The number of rotatable bonds is 9. The molecule has 2 N–H and O–H groups in total. The minimum absolute atomic E-state index is 0.0609. The van der Waals surface area contributed by atoms with Gasteiger partial charge < -0.3 is 15.5 Å². The molecule has 2 fully saturated rings. The van der Waals surface area contributed by atoms with Crippen molar-refractivity contribution in [3.8, 4) is 0 Å². The molecule has 1 aliphatic carbocycles. The highest BCUT2D eigenvalue weighted by molar-refractivity contribution is 6.11. The molecule has 35 heavy (non-hydrogen) atoms. The van der Waals surface area contributed by atoms with E-state index in [1.54, 1.807) is 0 Å². The summed E-state index contributed by atoms with van der Waals surface area (Å²) in [5, 5.41) is 6.87. The van der Waals surface area contributed by atoms with Gasteiger partial charge in [-0.25, -0.2) is 4.98 Å². The van der Waals surface area contributed by atoms with E-state index in [0.717, 1.165) is 55.6 Å². The van der Waals surface area contributed by atoms with Crippen LogP contribution in [0.3, 0.4) is 0 Å². The number of amides is 1. The third-order valence-corrected chi connectivity index (χ3v) is 8.09. The van der Waals surface area contributed by atoms with Gasteiger partial charge in [-0.1, -0.05) is 37.8 Å². The number of hydrogen-bond acceptors (Lipinski definition) is 5. The smallest absolute Gasteiger partial charge is 0.257 e. The summed E-state index contributed by atoms with van der Waals surface area (Å²) in [7, 11) is 0. The van der Waals surface area contributed by atoms with Gasteiger partial charge in [0, 0.05) is 25.3 Å². The highest BCUT2D eigenvalue weighted by Gasteiger charge is 2.26.